The van der Waals surface area contributed by atoms with Crippen molar-refractivity contribution >= 4 is 34.7 Å². The fourth-order valence-corrected chi connectivity index (χ4v) is 3.54. The molecule has 0 aliphatic rings. The molecule has 0 bridgehead atoms. The molecule has 0 spiro atoms. The Hall–Kier alpha value is -2.44. The van der Waals surface area contributed by atoms with Crippen molar-refractivity contribution in [2.45, 2.75) is 20.8 Å². The summed E-state index contributed by atoms with van der Waals surface area (Å²) in [7, 11) is -3.83. The second-order valence-corrected chi connectivity index (χ2v) is 9.26. The van der Waals surface area contributed by atoms with Gasteiger partial charge in [-0.2, -0.15) is 0 Å². The van der Waals surface area contributed by atoms with Gasteiger partial charge < -0.3 is 14.4 Å². The third-order valence-corrected chi connectivity index (χ3v) is 5.05. The molecule has 0 aliphatic heterocycles. The Morgan fingerprint density at radius 2 is 1.40 bits per heavy atom. The van der Waals surface area contributed by atoms with Crippen molar-refractivity contribution < 1.29 is 23.4 Å². The molecule has 0 unspecified atom stereocenters. The van der Waals surface area contributed by atoms with Gasteiger partial charge in [-0.05, 0) is 24.3 Å². The highest BCUT2D eigenvalue weighted by molar-refractivity contribution is 7.83. The first-order valence-corrected chi connectivity index (χ1v) is 12.6. The fraction of sp³-hybridized carbons (Fsp3) is 0.350. The monoisotopic (exact) mass is 455 g/mol. The van der Waals surface area contributed by atoms with Gasteiger partial charge in [0.05, 0.1) is 6.61 Å². The van der Waals surface area contributed by atoms with Crippen LogP contribution in [0.15, 0.2) is 65.5 Å². The molecule has 8 nitrogen and oxygen atoms in total. The number of rotatable bonds is 4. The molecule has 2 aromatic carbocycles. The number of esters is 1. The number of benzene rings is 2. The van der Waals surface area contributed by atoms with E-state index in [4.69, 9.17) is 10.6 Å². The van der Waals surface area contributed by atoms with Crippen LogP contribution in [-0.2, 0) is 24.9 Å². The molecule has 30 heavy (non-hydrogen) atoms. The van der Waals surface area contributed by atoms with Gasteiger partial charge in [0.25, 0.3) is 0 Å². The minimum absolute atomic E-state index is 0.211. The minimum atomic E-state index is -3.22. The van der Waals surface area contributed by atoms with Gasteiger partial charge in [0, 0.05) is 52.4 Å². The Labute approximate surface area is 180 Å². The van der Waals surface area contributed by atoms with E-state index in [1.807, 2.05) is 12.1 Å². The summed E-state index contributed by atoms with van der Waals surface area (Å²) < 4.78 is 26.8. The molecule has 0 saturated heterocycles. The molecule has 0 heterocycles. The first-order valence-electron chi connectivity index (χ1n) is 8.96. The average Bonchev–Trinajstić information content (AvgIpc) is 2.70. The maximum absolute atomic E-state index is 12.8. The summed E-state index contributed by atoms with van der Waals surface area (Å²) in [6.45, 7) is 5.58. The van der Waals surface area contributed by atoms with E-state index in [-0.39, 0.29) is 12.6 Å². The van der Waals surface area contributed by atoms with Crippen LogP contribution < -0.4 is 10.6 Å². The summed E-state index contributed by atoms with van der Waals surface area (Å²) >= 11 is 0. The number of nitrogens with zero attached hydrogens (tertiary/aromatic N) is 3. The van der Waals surface area contributed by atoms with Gasteiger partial charge in [-0.1, -0.05) is 60.7 Å². The zero-order chi connectivity index (χ0) is 23.4. The number of azide groups is 1. The number of aliphatic hydroxyl groups is 1. The van der Waals surface area contributed by atoms with E-state index in [9.17, 15) is 13.6 Å². The van der Waals surface area contributed by atoms with Crippen LogP contribution in [-0.4, -0.2) is 41.0 Å². The van der Waals surface area contributed by atoms with Crippen molar-refractivity contribution in [1.82, 2.24) is 0 Å². The molecule has 10 heteroatoms. The second kappa shape index (κ2) is 18.6. The highest BCUT2D eigenvalue weighted by Crippen LogP contribution is 2.44. The Morgan fingerprint density at radius 1 is 1.07 bits per heavy atom. The smallest absolute Gasteiger partial charge is 0.302 e. The van der Waals surface area contributed by atoms with Gasteiger partial charge in [-0.25, -0.2) is 0 Å². The van der Waals surface area contributed by atoms with Gasteiger partial charge in [0.2, 0.25) is 7.29 Å². The molecule has 0 saturated carbocycles. The third-order valence-electron chi connectivity index (χ3n) is 2.73. The Kier molecular flexibility index (Phi) is 18.4. The lowest BCUT2D eigenvalue weighted by Gasteiger charge is -2.12. The number of ether oxygens (including phenoxy) is 1. The van der Waals surface area contributed by atoms with Crippen LogP contribution in [0.2, 0.25) is 0 Å². The predicted molar refractivity (Wildman–Crippen MR) is 124 cm³/mol. The van der Waals surface area contributed by atoms with Gasteiger partial charge in [-0.15, -0.1) is 0 Å². The standard InChI is InChI=1S/C12H10N3OP.C4H8O2.C2H6OS.C2H6O/c13-14-15-17(16,11-7-3-1-4-8-11)12-9-5-2-6-10-12;1-3-6-4(2)5;1-4(2)3;1-2-3/h1-10H;3H2,1-2H3;1-2H3;3H,2H2,1H3. The highest BCUT2D eigenvalue weighted by atomic mass is 32.2. The highest BCUT2D eigenvalue weighted by Gasteiger charge is 2.25. The summed E-state index contributed by atoms with van der Waals surface area (Å²) in [5, 5.41) is 8.66. The number of hydrogen-bond acceptors (Lipinski definition) is 5. The lowest BCUT2D eigenvalue weighted by atomic mass is 10.4. The molecule has 0 aromatic heterocycles. The van der Waals surface area contributed by atoms with Crippen LogP contribution in [0.4, 0.5) is 0 Å². The zero-order valence-electron chi connectivity index (χ0n) is 18.0. The molecule has 0 radical (unpaired) electrons. The van der Waals surface area contributed by atoms with E-state index in [0.717, 1.165) is 0 Å². The number of aliphatic hydroxyl groups excluding tert-OH is 1. The SMILES string of the molecule is CCO.CCOC(C)=O.CS(C)=O.[N-]=[N+]=NP(=O)(c1ccccc1)c1ccccc1. The largest absolute Gasteiger partial charge is 0.466 e. The average molecular weight is 456 g/mol. The van der Waals surface area contributed by atoms with Crippen LogP contribution in [0.25, 0.3) is 10.4 Å². The molecule has 2 aromatic rings. The molecular weight excluding hydrogens is 425 g/mol. The van der Waals surface area contributed by atoms with Crippen molar-refractivity contribution in [2.24, 2.45) is 4.88 Å². The van der Waals surface area contributed by atoms with E-state index >= 15 is 0 Å². The van der Waals surface area contributed by atoms with Crippen molar-refractivity contribution in [3.05, 3.63) is 71.1 Å². The first-order chi connectivity index (χ1) is 14.2. The number of carbonyl (C=O) groups excluding carboxylic acids is 1. The summed E-state index contributed by atoms with van der Waals surface area (Å²) in [6, 6.07) is 17.6. The normalized spacial score (nSPS) is 9.30. The molecule has 2 rings (SSSR count). The molecule has 0 atom stereocenters. The van der Waals surface area contributed by atoms with E-state index in [1.165, 1.54) is 6.92 Å². The zero-order valence-corrected chi connectivity index (χ0v) is 19.7. The van der Waals surface area contributed by atoms with Crippen molar-refractivity contribution in [3.8, 4) is 0 Å². The molecule has 0 amide bonds. The Balaban J connectivity index is 0. The topological polar surface area (TPSA) is 129 Å². The van der Waals surface area contributed by atoms with E-state index < -0.39 is 18.1 Å². The van der Waals surface area contributed by atoms with Gasteiger partial charge in [-0.3, -0.25) is 9.00 Å². The number of carbonyl (C=O) groups is 1. The summed E-state index contributed by atoms with van der Waals surface area (Å²) in [5.74, 6) is -0.211. The lowest BCUT2D eigenvalue weighted by Crippen LogP contribution is -2.13. The Morgan fingerprint density at radius 3 is 1.60 bits per heavy atom. The third kappa shape index (κ3) is 14.5. The van der Waals surface area contributed by atoms with Crippen molar-refractivity contribution in [3.63, 3.8) is 0 Å². The lowest BCUT2D eigenvalue weighted by molar-refractivity contribution is -0.140. The molecule has 166 valence electrons. The summed E-state index contributed by atoms with van der Waals surface area (Å²) in [5.41, 5.74) is 8.61. The van der Waals surface area contributed by atoms with Crippen molar-refractivity contribution in [1.29, 1.82) is 0 Å². The van der Waals surface area contributed by atoms with Crippen LogP contribution >= 0.6 is 7.29 Å². The van der Waals surface area contributed by atoms with Crippen LogP contribution in [0.3, 0.4) is 0 Å². The quantitative estimate of drug-likeness (QED) is 0.246. The fourth-order valence-electron chi connectivity index (χ4n) is 1.77. The van der Waals surface area contributed by atoms with Gasteiger partial charge >= 0.3 is 5.97 Å². The second-order valence-electron chi connectivity index (χ2n) is 5.41. The number of hydrogen-bond donors (Lipinski definition) is 1. The van der Waals surface area contributed by atoms with Gasteiger partial charge in [0.15, 0.2) is 0 Å². The van der Waals surface area contributed by atoms with Crippen LogP contribution in [0, 0.1) is 0 Å². The van der Waals surface area contributed by atoms with Crippen molar-refractivity contribution in [2.75, 3.05) is 25.7 Å². The van der Waals surface area contributed by atoms with Crippen LogP contribution in [0.5, 0.6) is 0 Å². The Bertz CT molecular complexity index is 781. The van der Waals surface area contributed by atoms with Gasteiger partial charge in [0.1, 0.15) is 0 Å². The minimum Gasteiger partial charge on any atom is -0.466 e. The van der Waals surface area contributed by atoms with Crippen LogP contribution in [0.1, 0.15) is 20.8 Å². The molecular formula is C20H30N3O5PS. The summed E-state index contributed by atoms with van der Waals surface area (Å²) in [4.78, 5) is 16.1. The molecule has 0 fully saturated rings. The van der Waals surface area contributed by atoms with E-state index in [2.05, 4.69) is 14.5 Å². The summed E-state index contributed by atoms with van der Waals surface area (Å²) in [6.07, 6.45) is 3.28. The maximum Gasteiger partial charge on any atom is 0.302 e. The predicted octanol–water partition coefficient (Wildman–Crippen LogP) is 3.79. The maximum atomic E-state index is 12.8. The molecule has 1 N–H and O–H groups in total. The van der Waals surface area contributed by atoms with E-state index in [1.54, 1.807) is 74.9 Å². The first kappa shape index (κ1) is 29.8. The molecule has 0 aliphatic carbocycles. The van der Waals surface area contributed by atoms with E-state index in [0.29, 0.717) is 17.2 Å².